The molecule has 102 valence electrons. The van der Waals surface area contributed by atoms with Crippen molar-refractivity contribution in [2.75, 3.05) is 5.75 Å². The molecule has 1 unspecified atom stereocenters. The molecule has 1 saturated heterocycles. The van der Waals surface area contributed by atoms with Crippen LogP contribution < -0.4 is 0 Å². The summed E-state index contributed by atoms with van der Waals surface area (Å²) in [6.45, 7) is 0. The summed E-state index contributed by atoms with van der Waals surface area (Å²) in [6.07, 6.45) is 5.07. The van der Waals surface area contributed by atoms with Crippen LogP contribution in [0.4, 0.5) is 0 Å². The maximum Gasteiger partial charge on any atom is 0.145 e. The van der Waals surface area contributed by atoms with Gasteiger partial charge >= 0.3 is 0 Å². The fraction of sp³-hybridized carbons (Fsp3) is 0.167. The Kier molecular flexibility index (Phi) is 4.34. The topological polar surface area (TPSA) is 41.6 Å². The van der Waals surface area contributed by atoms with Crippen LogP contribution in [0.3, 0.4) is 0 Å². The average molecular weight is 360 g/mol. The van der Waals surface area contributed by atoms with E-state index in [9.17, 15) is 5.26 Å². The summed E-state index contributed by atoms with van der Waals surface area (Å²) in [7, 11) is 0. The monoisotopic (exact) mass is 359 g/mol. The predicted molar refractivity (Wildman–Crippen MR) is 88.2 cm³/mol. The lowest BCUT2D eigenvalue weighted by Gasteiger charge is -2.06. The van der Waals surface area contributed by atoms with E-state index < -0.39 is 0 Å². The molecule has 0 spiro atoms. The first-order valence-corrected chi connectivity index (χ1v) is 8.99. The van der Waals surface area contributed by atoms with Crippen molar-refractivity contribution in [1.29, 1.82) is 5.26 Å². The van der Waals surface area contributed by atoms with Gasteiger partial charge in [0, 0.05) is 23.4 Å². The molecule has 3 nitrogen and oxygen atoms in total. The third-order valence-corrected chi connectivity index (χ3v) is 7.15. The molecule has 1 aliphatic heterocycles. The molecule has 1 fully saturated rings. The van der Waals surface area contributed by atoms with Crippen LogP contribution in [-0.4, -0.2) is 15.3 Å². The molecule has 20 heavy (non-hydrogen) atoms. The number of imidazole rings is 1. The fourth-order valence-electron chi connectivity index (χ4n) is 1.80. The lowest BCUT2D eigenvalue weighted by Crippen LogP contribution is -1.92. The number of hydrogen-bond acceptors (Lipinski definition) is 5. The van der Waals surface area contributed by atoms with Crippen molar-refractivity contribution < 1.29 is 0 Å². The predicted octanol–water partition coefficient (Wildman–Crippen LogP) is 5.12. The number of nitrogens with zero attached hydrogens (tertiary/aromatic N) is 3. The Bertz CT molecular complexity index is 700. The Labute approximate surface area is 138 Å². The van der Waals surface area contributed by atoms with Gasteiger partial charge in [-0.15, -0.1) is 34.9 Å². The Morgan fingerprint density at radius 1 is 1.50 bits per heavy atom. The first kappa shape index (κ1) is 14.4. The van der Waals surface area contributed by atoms with Gasteiger partial charge in [-0.1, -0.05) is 23.2 Å². The average Bonchev–Trinajstić information content (AvgIpc) is 3.12. The highest BCUT2D eigenvalue weighted by Crippen LogP contribution is 2.54. The highest BCUT2D eigenvalue weighted by Gasteiger charge is 2.28. The van der Waals surface area contributed by atoms with Gasteiger partial charge in [-0.3, -0.25) is 4.57 Å². The molecule has 1 atom stereocenters. The lowest BCUT2D eigenvalue weighted by molar-refractivity contribution is 1.10. The largest absolute Gasteiger partial charge is 0.296 e. The van der Waals surface area contributed by atoms with Crippen LogP contribution in [0, 0.1) is 11.3 Å². The second-order valence-electron chi connectivity index (χ2n) is 3.91. The first-order chi connectivity index (χ1) is 9.69. The van der Waals surface area contributed by atoms with Crippen molar-refractivity contribution in [1.82, 2.24) is 9.55 Å². The summed E-state index contributed by atoms with van der Waals surface area (Å²) in [5, 5.41) is 9.58. The van der Waals surface area contributed by atoms with Gasteiger partial charge in [0.2, 0.25) is 0 Å². The van der Waals surface area contributed by atoms with Crippen LogP contribution in [0.15, 0.2) is 29.0 Å². The van der Waals surface area contributed by atoms with Crippen LogP contribution in [-0.2, 0) is 0 Å². The van der Waals surface area contributed by atoms with Crippen LogP contribution >= 0.6 is 58.1 Å². The van der Waals surface area contributed by atoms with E-state index in [1.165, 1.54) is 11.3 Å². The summed E-state index contributed by atoms with van der Waals surface area (Å²) >= 11 is 16.9. The summed E-state index contributed by atoms with van der Waals surface area (Å²) in [5.74, 6) is 0.882. The zero-order valence-electron chi connectivity index (χ0n) is 9.92. The van der Waals surface area contributed by atoms with Gasteiger partial charge in [0.05, 0.1) is 19.2 Å². The van der Waals surface area contributed by atoms with E-state index in [1.807, 2.05) is 6.07 Å². The van der Waals surface area contributed by atoms with Crippen LogP contribution in [0.25, 0.3) is 5.70 Å². The van der Waals surface area contributed by atoms with Gasteiger partial charge in [-0.25, -0.2) is 4.98 Å². The van der Waals surface area contributed by atoms with E-state index in [4.69, 9.17) is 23.2 Å². The summed E-state index contributed by atoms with van der Waals surface area (Å²) < 4.78 is 4.16. The molecule has 0 radical (unpaired) electrons. The van der Waals surface area contributed by atoms with Gasteiger partial charge in [-0.2, -0.15) is 5.26 Å². The van der Waals surface area contributed by atoms with Gasteiger partial charge < -0.3 is 0 Å². The summed E-state index contributed by atoms with van der Waals surface area (Å²) in [4.78, 5) is 3.98. The molecule has 0 N–H and O–H groups in total. The third-order valence-electron chi connectivity index (χ3n) is 2.71. The highest BCUT2D eigenvalue weighted by atomic mass is 35.5. The Morgan fingerprint density at radius 2 is 2.35 bits per heavy atom. The molecular weight excluding hydrogens is 353 g/mol. The Morgan fingerprint density at radius 3 is 2.95 bits per heavy atom. The van der Waals surface area contributed by atoms with Gasteiger partial charge in [0.25, 0.3) is 0 Å². The van der Waals surface area contributed by atoms with Crippen molar-refractivity contribution in [2.24, 2.45) is 0 Å². The molecule has 8 heteroatoms. The third kappa shape index (κ3) is 2.74. The van der Waals surface area contributed by atoms with E-state index in [2.05, 4.69) is 11.1 Å². The van der Waals surface area contributed by atoms with E-state index in [-0.39, 0.29) is 5.25 Å². The molecule has 0 bridgehead atoms. The van der Waals surface area contributed by atoms with Crippen molar-refractivity contribution in [3.05, 3.63) is 43.3 Å². The minimum Gasteiger partial charge on any atom is -0.296 e. The number of allylic oxidation sites excluding steroid dienone is 1. The van der Waals surface area contributed by atoms with Crippen molar-refractivity contribution >= 4 is 63.8 Å². The first-order valence-electron chi connectivity index (χ1n) is 5.56. The van der Waals surface area contributed by atoms with E-state index in [0.717, 1.165) is 19.9 Å². The Balaban J connectivity index is 1.90. The molecule has 2 aromatic rings. The molecule has 0 saturated carbocycles. The maximum absolute atomic E-state index is 9.35. The smallest absolute Gasteiger partial charge is 0.145 e. The minimum absolute atomic E-state index is 0.234. The minimum atomic E-state index is 0.234. The van der Waals surface area contributed by atoms with Gasteiger partial charge in [0.15, 0.2) is 0 Å². The van der Waals surface area contributed by atoms with Crippen molar-refractivity contribution in [2.45, 2.75) is 5.25 Å². The van der Waals surface area contributed by atoms with Gasteiger partial charge in [0.1, 0.15) is 11.8 Å². The number of hydrogen-bond donors (Lipinski definition) is 0. The summed E-state index contributed by atoms with van der Waals surface area (Å²) in [6, 6.07) is 4.16. The highest BCUT2D eigenvalue weighted by molar-refractivity contribution is 8.25. The molecule has 3 rings (SSSR count). The summed E-state index contributed by atoms with van der Waals surface area (Å²) in [5.41, 5.74) is 1.66. The quantitative estimate of drug-likeness (QED) is 0.697. The van der Waals surface area contributed by atoms with E-state index in [0.29, 0.717) is 10.0 Å². The van der Waals surface area contributed by atoms with Crippen molar-refractivity contribution in [3.8, 4) is 6.07 Å². The molecule has 1 aliphatic rings. The number of aromatic nitrogens is 2. The molecule has 0 aliphatic carbocycles. The molecule has 2 aromatic heterocycles. The van der Waals surface area contributed by atoms with Crippen molar-refractivity contribution in [3.63, 3.8) is 0 Å². The van der Waals surface area contributed by atoms with Crippen LogP contribution in [0.5, 0.6) is 0 Å². The van der Waals surface area contributed by atoms with Gasteiger partial charge in [-0.05, 0) is 11.6 Å². The second-order valence-corrected chi connectivity index (χ2v) is 8.70. The number of halogens is 2. The SMILES string of the molecule is N#CC(=C1SCC(c2cc(Cl)sc2Cl)S1)n1ccnc1. The lowest BCUT2D eigenvalue weighted by atomic mass is 10.3. The van der Waals surface area contributed by atoms with Crippen LogP contribution in [0.2, 0.25) is 8.67 Å². The fourth-order valence-corrected chi connectivity index (χ4v) is 6.42. The zero-order chi connectivity index (χ0) is 14.1. The number of thioether (sulfide) groups is 2. The molecule has 3 heterocycles. The van der Waals surface area contributed by atoms with Crippen LogP contribution in [0.1, 0.15) is 10.8 Å². The maximum atomic E-state index is 9.35. The number of rotatable bonds is 2. The standard InChI is InChI=1S/C12H7Cl2N3S3/c13-10-3-7(11(14)20-10)9-5-18-12(19-9)8(4-15)17-2-1-16-6-17/h1-3,6,9H,5H2. The molecule has 0 aromatic carbocycles. The number of thiophene rings is 1. The normalized spacial score (nSPS) is 20.9. The van der Waals surface area contributed by atoms with E-state index >= 15 is 0 Å². The van der Waals surface area contributed by atoms with E-state index in [1.54, 1.807) is 46.8 Å². The Hall–Kier alpha value is -0.580. The zero-order valence-corrected chi connectivity index (χ0v) is 13.9. The second kappa shape index (κ2) is 6.04. The molecular formula is C12H7Cl2N3S3. The number of nitriles is 1. The molecule has 0 amide bonds.